The molecule has 1 unspecified atom stereocenters. The van der Waals surface area contributed by atoms with Crippen LogP contribution >= 0.6 is 0 Å². The predicted octanol–water partition coefficient (Wildman–Crippen LogP) is 0.407. The van der Waals surface area contributed by atoms with Crippen molar-refractivity contribution >= 4 is 20.0 Å². The summed E-state index contributed by atoms with van der Waals surface area (Å²) in [6.45, 7) is 0. The second kappa shape index (κ2) is 2.85. The van der Waals surface area contributed by atoms with E-state index in [1.807, 2.05) is 0 Å². The van der Waals surface area contributed by atoms with Gasteiger partial charge in [0.15, 0.2) is 0 Å². The third-order valence-corrected chi connectivity index (χ3v) is 3.03. The number of hydrogen-bond donors (Lipinski definition) is 1. The molecule has 0 rings (SSSR count). The van der Waals surface area contributed by atoms with Gasteiger partial charge in [-0.05, 0) is 0 Å². The fraction of sp³-hybridized carbons (Fsp3) is 1.00. The number of alkyl halides is 3. The van der Waals surface area contributed by atoms with Gasteiger partial charge in [0.25, 0.3) is 20.0 Å². The van der Waals surface area contributed by atoms with Gasteiger partial charge in [0.1, 0.15) is 0 Å². The second-order valence-electron chi connectivity index (χ2n) is 1.75. The van der Waals surface area contributed by atoms with Crippen molar-refractivity contribution in [3.63, 3.8) is 0 Å². The van der Waals surface area contributed by atoms with E-state index in [0.29, 0.717) is 0 Å². The van der Waals surface area contributed by atoms with E-state index in [0.717, 1.165) is 0 Å². The largest absolute Gasteiger partial charge is 0.504 e. The molecule has 0 aliphatic heterocycles. The molecule has 0 aliphatic carbocycles. The van der Waals surface area contributed by atoms with Gasteiger partial charge in [-0.1, -0.05) is 3.77 Å². The van der Waals surface area contributed by atoms with Crippen LogP contribution in [0.4, 0.5) is 13.2 Å². The molecule has 0 saturated heterocycles. The molecule has 0 aromatic carbocycles. The lowest BCUT2D eigenvalue weighted by Gasteiger charge is -2.04. The first-order valence-corrected chi connectivity index (χ1v) is 5.55. The molecule has 0 radical (unpaired) electrons. The zero-order chi connectivity index (χ0) is 10.2. The average molecular weight is 227 g/mol. The van der Waals surface area contributed by atoms with E-state index >= 15 is 0 Å². The van der Waals surface area contributed by atoms with E-state index < -0.39 is 25.5 Å². The number of halogens is 3. The molecule has 0 amide bonds. The van der Waals surface area contributed by atoms with Crippen LogP contribution in [0.5, 0.6) is 0 Å². The smallest absolute Gasteiger partial charge is 0.293 e. The number of hydrogen-bond acceptors (Lipinski definition) is 3. The first-order valence-electron chi connectivity index (χ1n) is 2.23. The van der Waals surface area contributed by atoms with Gasteiger partial charge in [0.2, 0.25) is 0 Å². The average Bonchev–Trinajstić information content (AvgIpc) is 1.52. The highest BCUT2D eigenvalue weighted by molar-refractivity contribution is 8.00. The molecule has 0 aromatic heterocycles. The zero-order valence-corrected chi connectivity index (χ0v) is 7.20. The molecule has 0 aliphatic rings. The molecule has 10 heteroatoms. The van der Waals surface area contributed by atoms with Gasteiger partial charge < -0.3 is 0 Å². The van der Waals surface area contributed by atoms with Gasteiger partial charge in [-0.3, -0.25) is 4.55 Å². The van der Waals surface area contributed by atoms with Crippen molar-refractivity contribution in [2.24, 2.45) is 3.77 Å². The Hall–Kier alpha value is -0.350. The molecular weight excluding hydrogens is 223 g/mol. The van der Waals surface area contributed by atoms with Gasteiger partial charge in [-0.2, -0.15) is 13.2 Å². The predicted molar refractivity (Wildman–Crippen MR) is 34.1 cm³/mol. The van der Waals surface area contributed by atoms with Crippen molar-refractivity contribution in [3.05, 3.63) is 0 Å². The molecule has 5 nitrogen and oxygen atoms in total. The minimum Gasteiger partial charge on any atom is -0.293 e. The molecule has 12 heavy (non-hydrogen) atoms. The summed E-state index contributed by atoms with van der Waals surface area (Å²) >= 11 is 0. The summed E-state index contributed by atoms with van der Waals surface area (Å²) in [7, 11) is -10.2. The maximum atomic E-state index is 11.5. The van der Waals surface area contributed by atoms with Crippen LogP contribution < -0.4 is 0 Å². The highest BCUT2D eigenvalue weighted by atomic mass is 32.3. The fourth-order valence-electron chi connectivity index (χ4n) is 0.226. The van der Waals surface area contributed by atoms with E-state index in [1.165, 1.54) is 0 Å². The molecule has 0 spiro atoms. The summed E-state index contributed by atoms with van der Waals surface area (Å²) in [6.07, 6.45) is 0.286. The topological polar surface area (TPSA) is 83.8 Å². The molecule has 1 atom stereocenters. The van der Waals surface area contributed by atoms with E-state index in [1.54, 1.807) is 3.77 Å². The fourth-order valence-corrected chi connectivity index (χ4v) is 2.03. The Balaban J connectivity index is 5.46. The van der Waals surface area contributed by atoms with Crippen LogP contribution in [0, 0.1) is 0 Å². The maximum absolute atomic E-state index is 11.5. The van der Waals surface area contributed by atoms with Gasteiger partial charge in [0, 0.05) is 0 Å². The summed E-state index contributed by atoms with van der Waals surface area (Å²) in [5.74, 6) is 0. The van der Waals surface area contributed by atoms with Crippen molar-refractivity contribution in [1.82, 2.24) is 0 Å². The van der Waals surface area contributed by atoms with Crippen molar-refractivity contribution in [2.75, 3.05) is 6.26 Å². The minimum atomic E-state index is -5.67. The molecule has 0 saturated carbocycles. The Bertz CT molecular complexity index is 372. The number of rotatable bonds is 1. The van der Waals surface area contributed by atoms with Crippen LogP contribution in [0.25, 0.3) is 0 Å². The third kappa shape index (κ3) is 3.36. The first kappa shape index (κ1) is 11.6. The van der Waals surface area contributed by atoms with Crippen LogP contribution in [0.3, 0.4) is 0 Å². The first-order chi connectivity index (χ1) is 4.96. The monoisotopic (exact) mass is 227 g/mol. The van der Waals surface area contributed by atoms with E-state index in [2.05, 4.69) is 0 Å². The van der Waals surface area contributed by atoms with E-state index in [-0.39, 0.29) is 6.26 Å². The molecule has 0 aromatic rings. The molecule has 0 heterocycles. The minimum absolute atomic E-state index is 0.286. The Morgan fingerprint density at radius 2 is 1.58 bits per heavy atom. The molecule has 0 bridgehead atoms. The van der Waals surface area contributed by atoms with Crippen molar-refractivity contribution in [1.29, 1.82) is 0 Å². The van der Waals surface area contributed by atoms with Crippen LogP contribution in [-0.4, -0.2) is 28.9 Å². The zero-order valence-electron chi connectivity index (χ0n) is 5.57. The summed E-state index contributed by atoms with van der Waals surface area (Å²) < 4.78 is 74.5. The Morgan fingerprint density at radius 3 is 1.67 bits per heavy atom. The summed E-state index contributed by atoms with van der Waals surface area (Å²) in [6, 6.07) is 0. The van der Waals surface area contributed by atoms with Crippen LogP contribution in [0.1, 0.15) is 0 Å². The lowest BCUT2D eigenvalue weighted by Crippen LogP contribution is -2.22. The van der Waals surface area contributed by atoms with E-state index in [9.17, 15) is 25.8 Å². The third-order valence-electron chi connectivity index (χ3n) is 0.538. The molecule has 1 N–H and O–H groups in total. The lowest BCUT2D eigenvalue weighted by molar-refractivity contribution is -0.0467. The highest BCUT2D eigenvalue weighted by Gasteiger charge is 2.43. The van der Waals surface area contributed by atoms with Crippen molar-refractivity contribution in [2.45, 2.75) is 5.51 Å². The van der Waals surface area contributed by atoms with Gasteiger partial charge in [0.05, 0.1) is 6.26 Å². The quantitative estimate of drug-likeness (QED) is 0.703. The van der Waals surface area contributed by atoms with Gasteiger partial charge >= 0.3 is 5.51 Å². The Morgan fingerprint density at radius 1 is 1.25 bits per heavy atom. The summed E-state index contributed by atoms with van der Waals surface area (Å²) in [4.78, 5) is 0. The SMILES string of the molecule is CS(=O)(=O)N=S(=O)(O)C(F)(F)F. The highest BCUT2D eigenvalue weighted by Crippen LogP contribution is 2.24. The van der Waals surface area contributed by atoms with Gasteiger partial charge in [-0.15, -0.1) is 0 Å². The van der Waals surface area contributed by atoms with Crippen LogP contribution in [0.15, 0.2) is 3.77 Å². The Kier molecular flexibility index (Phi) is 2.77. The van der Waals surface area contributed by atoms with Crippen molar-refractivity contribution in [3.8, 4) is 0 Å². The number of nitrogens with zero attached hydrogens (tertiary/aromatic N) is 1. The van der Waals surface area contributed by atoms with Gasteiger partial charge in [-0.25, -0.2) is 12.6 Å². The second-order valence-corrected chi connectivity index (χ2v) is 5.27. The lowest BCUT2D eigenvalue weighted by atomic mass is 11.6. The van der Waals surface area contributed by atoms with E-state index in [4.69, 9.17) is 4.55 Å². The summed E-state index contributed by atoms with van der Waals surface area (Å²) in [5, 5.41) is 0. The number of sulfonamides is 1. The maximum Gasteiger partial charge on any atom is 0.504 e. The van der Waals surface area contributed by atoms with Crippen LogP contribution in [0.2, 0.25) is 0 Å². The summed E-state index contributed by atoms with van der Waals surface area (Å²) in [5.41, 5.74) is -5.56. The molecular formula is C2H4F3NO4S2. The van der Waals surface area contributed by atoms with Crippen LogP contribution in [-0.2, 0) is 20.0 Å². The Labute approximate surface area is 66.6 Å². The normalized spacial score (nSPS) is 18.4. The standard InChI is InChI=1S/C2H4F3NO4S2/c1-11(7,8)6-12(9,10)2(3,4)5/h1H3,(H,6,9,10). The molecule has 74 valence electrons. The van der Waals surface area contributed by atoms with Crippen molar-refractivity contribution < 1.29 is 30.4 Å². The molecule has 0 fully saturated rings.